The van der Waals surface area contributed by atoms with Crippen molar-refractivity contribution in [3.8, 4) is 0 Å². The van der Waals surface area contributed by atoms with E-state index >= 15 is 0 Å². The largest absolute Gasteiger partial charge is 0.356 e. The first kappa shape index (κ1) is 18.8. The van der Waals surface area contributed by atoms with Gasteiger partial charge in [0, 0.05) is 0 Å². The maximum Gasteiger partial charge on any atom is 0.171 e. The summed E-state index contributed by atoms with van der Waals surface area (Å²) in [5.41, 5.74) is 3.44. The molecule has 2 rings (SSSR count). The third-order valence-electron chi connectivity index (χ3n) is 4.36. The quantitative estimate of drug-likeness (QED) is 0.592. The molecule has 2 atom stereocenters. The standard InChI is InChI=1S/C20H25ClN2S/c1-4-14(3)15-10-12-16(13-11-15)18(5-2)22-20(24)23-19-9-7-6-8-17(19)21/h6-14,18H,4-5H2,1-3H3,(H2,22,23,24). The van der Waals surface area contributed by atoms with Crippen molar-refractivity contribution < 1.29 is 0 Å². The highest BCUT2D eigenvalue weighted by molar-refractivity contribution is 7.80. The Morgan fingerprint density at radius 1 is 1.00 bits per heavy atom. The molecule has 24 heavy (non-hydrogen) atoms. The Labute approximate surface area is 155 Å². The highest BCUT2D eigenvalue weighted by atomic mass is 35.5. The number of anilines is 1. The smallest absolute Gasteiger partial charge is 0.171 e. The molecule has 0 aromatic heterocycles. The first-order valence-electron chi connectivity index (χ1n) is 8.47. The van der Waals surface area contributed by atoms with Crippen LogP contribution in [0.3, 0.4) is 0 Å². The molecule has 2 N–H and O–H groups in total. The summed E-state index contributed by atoms with van der Waals surface area (Å²) in [5.74, 6) is 0.593. The summed E-state index contributed by atoms with van der Waals surface area (Å²) >= 11 is 11.6. The number of benzene rings is 2. The molecule has 2 nitrogen and oxygen atoms in total. The Hall–Kier alpha value is -1.58. The van der Waals surface area contributed by atoms with E-state index in [0.717, 1.165) is 18.5 Å². The summed E-state index contributed by atoms with van der Waals surface area (Å²) in [5, 5.41) is 7.80. The van der Waals surface area contributed by atoms with Crippen molar-refractivity contribution in [2.75, 3.05) is 5.32 Å². The van der Waals surface area contributed by atoms with Crippen molar-refractivity contribution in [3.05, 3.63) is 64.7 Å². The van der Waals surface area contributed by atoms with Gasteiger partial charge in [0.2, 0.25) is 0 Å². The van der Waals surface area contributed by atoms with Crippen molar-refractivity contribution >= 4 is 34.6 Å². The summed E-state index contributed by atoms with van der Waals surface area (Å²) < 4.78 is 0. The van der Waals surface area contributed by atoms with Gasteiger partial charge >= 0.3 is 0 Å². The summed E-state index contributed by atoms with van der Waals surface area (Å²) in [4.78, 5) is 0. The summed E-state index contributed by atoms with van der Waals surface area (Å²) in [6.07, 6.45) is 2.10. The Morgan fingerprint density at radius 2 is 1.62 bits per heavy atom. The van der Waals surface area contributed by atoms with E-state index in [4.69, 9.17) is 23.8 Å². The van der Waals surface area contributed by atoms with Gasteiger partial charge in [0.1, 0.15) is 0 Å². The topological polar surface area (TPSA) is 24.1 Å². The van der Waals surface area contributed by atoms with E-state index in [0.29, 0.717) is 16.1 Å². The van der Waals surface area contributed by atoms with Gasteiger partial charge in [-0.1, -0.05) is 68.8 Å². The van der Waals surface area contributed by atoms with Crippen LogP contribution in [-0.4, -0.2) is 5.11 Å². The first-order valence-corrected chi connectivity index (χ1v) is 9.25. The second-order valence-electron chi connectivity index (χ2n) is 6.02. The summed E-state index contributed by atoms with van der Waals surface area (Å²) in [7, 11) is 0. The third kappa shape index (κ3) is 4.96. The Bertz CT molecular complexity index is 670. The molecule has 0 spiro atoms. The van der Waals surface area contributed by atoms with Crippen LogP contribution in [0, 0.1) is 0 Å². The summed E-state index contributed by atoms with van der Waals surface area (Å²) in [6.45, 7) is 6.62. The number of hydrogen-bond acceptors (Lipinski definition) is 1. The lowest BCUT2D eigenvalue weighted by Crippen LogP contribution is -2.32. The van der Waals surface area contributed by atoms with Gasteiger partial charge in [0.05, 0.1) is 16.8 Å². The molecular formula is C20H25ClN2S. The van der Waals surface area contributed by atoms with Gasteiger partial charge in [-0.25, -0.2) is 0 Å². The van der Waals surface area contributed by atoms with E-state index in [2.05, 4.69) is 55.7 Å². The Kier molecular flexibility index (Phi) is 7.07. The van der Waals surface area contributed by atoms with Crippen molar-refractivity contribution in [2.24, 2.45) is 0 Å². The second-order valence-corrected chi connectivity index (χ2v) is 6.83. The average molecular weight is 361 g/mol. The molecular weight excluding hydrogens is 336 g/mol. The van der Waals surface area contributed by atoms with E-state index in [-0.39, 0.29) is 6.04 Å². The molecule has 0 heterocycles. The van der Waals surface area contributed by atoms with Crippen LogP contribution in [0.15, 0.2) is 48.5 Å². The Morgan fingerprint density at radius 3 is 2.21 bits per heavy atom. The number of rotatable bonds is 6. The molecule has 4 heteroatoms. The zero-order valence-electron chi connectivity index (χ0n) is 14.5. The highest BCUT2D eigenvalue weighted by Gasteiger charge is 2.12. The van der Waals surface area contributed by atoms with Crippen molar-refractivity contribution in [2.45, 2.75) is 45.6 Å². The minimum atomic E-state index is 0.179. The molecule has 0 amide bonds. The van der Waals surface area contributed by atoms with Crippen LogP contribution < -0.4 is 10.6 Å². The van der Waals surface area contributed by atoms with Gasteiger partial charge in [0.15, 0.2) is 5.11 Å². The summed E-state index contributed by atoms with van der Waals surface area (Å²) in [6, 6.07) is 16.6. The molecule has 2 unspecified atom stereocenters. The highest BCUT2D eigenvalue weighted by Crippen LogP contribution is 2.24. The van der Waals surface area contributed by atoms with E-state index in [1.807, 2.05) is 24.3 Å². The number of hydrogen-bond donors (Lipinski definition) is 2. The lowest BCUT2D eigenvalue weighted by Gasteiger charge is -2.21. The molecule has 0 aliphatic heterocycles. The molecule has 0 aliphatic rings. The van der Waals surface area contributed by atoms with Crippen LogP contribution in [0.2, 0.25) is 5.02 Å². The second kappa shape index (κ2) is 9.05. The van der Waals surface area contributed by atoms with Crippen LogP contribution in [-0.2, 0) is 0 Å². The molecule has 0 aliphatic carbocycles. The van der Waals surface area contributed by atoms with Crippen molar-refractivity contribution in [1.29, 1.82) is 0 Å². The van der Waals surface area contributed by atoms with Gasteiger partial charge < -0.3 is 10.6 Å². The van der Waals surface area contributed by atoms with Crippen LogP contribution in [0.25, 0.3) is 0 Å². The first-order chi connectivity index (χ1) is 11.5. The molecule has 2 aromatic rings. The van der Waals surface area contributed by atoms with Gasteiger partial charge in [-0.05, 0) is 54.2 Å². The maximum absolute atomic E-state index is 6.17. The normalized spacial score (nSPS) is 13.2. The fourth-order valence-electron chi connectivity index (χ4n) is 2.59. The van der Waals surface area contributed by atoms with E-state index in [1.165, 1.54) is 11.1 Å². The molecule has 0 saturated heterocycles. The lowest BCUT2D eigenvalue weighted by atomic mass is 9.95. The number of halogens is 1. The SMILES string of the molecule is CCC(C)c1ccc(C(CC)NC(=S)Nc2ccccc2Cl)cc1. The molecule has 128 valence electrons. The van der Waals surface area contributed by atoms with Crippen LogP contribution >= 0.6 is 23.8 Å². The Balaban J connectivity index is 2.03. The van der Waals surface area contributed by atoms with E-state index in [9.17, 15) is 0 Å². The zero-order valence-corrected chi connectivity index (χ0v) is 16.0. The minimum absolute atomic E-state index is 0.179. The van der Waals surface area contributed by atoms with Gasteiger partial charge in [0.25, 0.3) is 0 Å². The molecule has 0 fully saturated rings. The lowest BCUT2D eigenvalue weighted by molar-refractivity contribution is 0.628. The fraction of sp³-hybridized carbons (Fsp3) is 0.350. The van der Waals surface area contributed by atoms with Crippen molar-refractivity contribution in [3.63, 3.8) is 0 Å². The van der Waals surface area contributed by atoms with Crippen LogP contribution in [0.5, 0.6) is 0 Å². The van der Waals surface area contributed by atoms with Gasteiger partial charge in [-0.3, -0.25) is 0 Å². The van der Waals surface area contributed by atoms with E-state index in [1.54, 1.807) is 0 Å². The number of thiocarbonyl (C=S) groups is 1. The predicted octanol–water partition coefficient (Wildman–Crippen LogP) is 6.29. The minimum Gasteiger partial charge on any atom is -0.356 e. The third-order valence-corrected chi connectivity index (χ3v) is 4.91. The van der Waals surface area contributed by atoms with E-state index < -0.39 is 0 Å². The zero-order chi connectivity index (χ0) is 17.5. The number of para-hydroxylation sites is 1. The predicted molar refractivity (Wildman–Crippen MR) is 109 cm³/mol. The molecule has 0 bridgehead atoms. The van der Waals surface area contributed by atoms with Gasteiger partial charge in [-0.2, -0.15) is 0 Å². The molecule has 2 aromatic carbocycles. The molecule has 0 saturated carbocycles. The number of nitrogens with one attached hydrogen (secondary N) is 2. The average Bonchev–Trinajstić information content (AvgIpc) is 2.61. The van der Waals surface area contributed by atoms with Crippen LogP contribution in [0.4, 0.5) is 5.69 Å². The monoisotopic (exact) mass is 360 g/mol. The fourth-order valence-corrected chi connectivity index (χ4v) is 3.03. The van der Waals surface area contributed by atoms with Gasteiger partial charge in [-0.15, -0.1) is 0 Å². The maximum atomic E-state index is 6.17. The van der Waals surface area contributed by atoms with Crippen LogP contribution in [0.1, 0.15) is 56.7 Å². The molecule has 0 radical (unpaired) electrons. The van der Waals surface area contributed by atoms with Crippen molar-refractivity contribution in [1.82, 2.24) is 5.32 Å².